The van der Waals surface area contributed by atoms with Crippen molar-refractivity contribution in [1.82, 2.24) is 0 Å². The summed E-state index contributed by atoms with van der Waals surface area (Å²) >= 11 is 3.22. The zero-order valence-corrected chi connectivity index (χ0v) is 5.73. The van der Waals surface area contributed by atoms with Gasteiger partial charge in [0.2, 0.25) is 0 Å². The van der Waals surface area contributed by atoms with Gasteiger partial charge in [0.05, 0.1) is 0 Å². The average molecular weight is 178 g/mol. The minimum Gasteiger partial charge on any atom is -0.232 e. The highest BCUT2D eigenvalue weighted by molar-refractivity contribution is 9.09. The Hall–Kier alpha value is -0.180. The van der Waals surface area contributed by atoms with Crippen molar-refractivity contribution >= 4 is 21.9 Å². The topological polar surface area (TPSA) is 12.4 Å². The first-order chi connectivity index (χ1) is 3.79. The van der Waals surface area contributed by atoms with Crippen LogP contribution in [0.15, 0.2) is 17.3 Å². The van der Waals surface area contributed by atoms with Gasteiger partial charge in [-0.2, -0.15) is 4.39 Å². The molecule has 0 N–H and O–H groups in total. The molecule has 1 aliphatic heterocycles. The van der Waals surface area contributed by atoms with E-state index in [-0.39, 0.29) is 10.8 Å². The summed E-state index contributed by atoms with van der Waals surface area (Å²) in [4.78, 5) is 3.56. The van der Waals surface area contributed by atoms with E-state index in [1.54, 1.807) is 0 Å². The van der Waals surface area contributed by atoms with Gasteiger partial charge in [0.15, 0.2) is 5.97 Å². The number of halogens is 2. The molecule has 0 saturated carbocycles. The quantitative estimate of drug-likeness (QED) is 0.503. The fourth-order valence-corrected chi connectivity index (χ4v) is 0.903. The van der Waals surface area contributed by atoms with Crippen molar-refractivity contribution in [3.8, 4) is 0 Å². The Bertz CT molecular complexity index is 141. The summed E-state index contributed by atoms with van der Waals surface area (Å²) in [7, 11) is 0. The van der Waals surface area contributed by atoms with Crippen LogP contribution in [0, 0.1) is 0 Å². The summed E-state index contributed by atoms with van der Waals surface area (Å²) in [5.74, 6) is -0.297. The van der Waals surface area contributed by atoms with E-state index in [0.29, 0.717) is 6.42 Å². The van der Waals surface area contributed by atoms with E-state index in [4.69, 9.17) is 0 Å². The van der Waals surface area contributed by atoms with Crippen molar-refractivity contribution in [3.05, 3.63) is 12.3 Å². The molecule has 0 spiro atoms. The van der Waals surface area contributed by atoms with Crippen LogP contribution >= 0.6 is 15.9 Å². The highest BCUT2D eigenvalue weighted by Gasteiger charge is 2.06. The Kier molecular flexibility index (Phi) is 1.78. The van der Waals surface area contributed by atoms with Gasteiger partial charge in [-0.25, -0.2) is 4.99 Å². The third-order valence-electron chi connectivity index (χ3n) is 0.873. The Balaban J connectivity index is 2.59. The lowest BCUT2D eigenvalue weighted by atomic mass is 10.3. The number of hydrogen-bond acceptors (Lipinski definition) is 1. The third-order valence-corrected chi connectivity index (χ3v) is 1.50. The molecule has 1 aliphatic rings. The van der Waals surface area contributed by atoms with Crippen molar-refractivity contribution in [2.45, 2.75) is 11.2 Å². The van der Waals surface area contributed by atoms with E-state index in [1.807, 2.05) is 6.08 Å². The minimum atomic E-state index is -0.297. The maximum absolute atomic E-state index is 12.1. The summed E-state index contributed by atoms with van der Waals surface area (Å²) < 4.78 is 12.1. The molecule has 0 aromatic carbocycles. The van der Waals surface area contributed by atoms with Crippen molar-refractivity contribution in [2.75, 3.05) is 0 Å². The standard InChI is InChI=1S/C5H5BrFN/c6-4-1-2-8-5(7)3-4/h1-2,4H,3H2. The second-order valence-electron chi connectivity index (χ2n) is 1.57. The van der Waals surface area contributed by atoms with Gasteiger partial charge in [0.1, 0.15) is 0 Å². The summed E-state index contributed by atoms with van der Waals surface area (Å²) in [6.45, 7) is 0. The zero-order chi connectivity index (χ0) is 5.98. The molecule has 0 aliphatic carbocycles. The zero-order valence-electron chi connectivity index (χ0n) is 4.14. The SMILES string of the molecule is FC1=NC=CC(Br)C1. The first-order valence-corrected chi connectivity index (χ1v) is 3.23. The van der Waals surface area contributed by atoms with Crippen LogP contribution in [-0.2, 0) is 0 Å². The molecule has 8 heavy (non-hydrogen) atoms. The van der Waals surface area contributed by atoms with E-state index in [0.717, 1.165) is 0 Å². The number of alkyl halides is 1. The van der Waals surface area contributed by atoms with Crippen LogP contribution in [0.1, 0.15) is 6.42 Å². The van der Waals surface area contributed by atoms with E-state index in [9.17, 15) is 4.39 Å². The van der Waals surface area contributed by atoms with E-state index >= 15 is 0 Å². The first-order valence-electron chi connectivity index (χ1n) is 2.32. The molecular weight excluding hydrogens is 173 g/mol. The Morgan fingerprint density at radius 1 is 1.88 bits per heavy atom. The number of hydrogen-bond donors (Lipinski definition) is 0. The molecule has 0 fully saturated rings. The minimum absolute atomic E-state index is 0.139. The van der Waals surface area contributed by atoms with Gasteiger partial charge in [0.25, 0.3) is 0 Å². The molecule has 0 amide bonds. The highest BCUT2D eigenvalue weighted by atomic mass is 79.9. The highest BCUT2D eigenvalue weighted by Crippen LogP contribution is 2.12. The van der Waals surface area contributed by atoms with E-state index in [2.05, 4.69) is 20.9 Å². The van der Waals surface area contributed by atoms with Crippen LogP contribution in [0.25, 0.3) is 0 Å². The Labute approximate surface area is 55.4 Å². The van der Waals surface area contributed by atoms with Crippen LogP contribution in [0.4, 0.5) is 4.39 Å². The first kappa shape index (κ1) is 5.95. The molecular formula is C5H5BrFN. The van der Waals surface area contributed by atoms with Crippen molar-refractivity contribution in [1.29, 1.82) is 0 Å². The van der Waals surface area contributed by atoms with Crippen LogP contribution in [-0.4, -0.2) is 10.8 Å². The van der Waals surface area contributed by atoms with Crippen LogP contribution < -0.4 is 0 Å². The lowest BCUT2D eigenvalue weighted by molar-refractivity contribution is 0.757. The van der Waals surface area contributed by atoms with Gasteiger partial charge < -0.3 is 0 Å². The number of nitrogens with zero attached hydrogens (tertiary/aromatic N) is 1. The summed E-state index contributed by atoms with van der Waals surface area (Å²) in [5.41, 5.74) is 0. The maximum Gasteiger partial charge on any atom is 0.190 e. The summed E-state index contributed by atoms with van der Waals surface area (Å²) in [6.07, 6.45) is 3.66. The molecule has 1 nitrogen and oxygen atoms in total. The van der Waals surface area contributed by atoms with Gasteiger partial charge in [-0.3, -0.25) is 0 Å². The third kappa shape index (κ3) is 1.40. The monoisotopic (exact) mass is 177 g/mol. The molecule has 0 radical (unpaired) electrons. The van der Waals surface area contributed by atoms with Gasteiger partial charge in [-0.1, -0.05) is 22.0 Å². The predicted octanol–water partition coefficient (Wildman–Crippen LogP) is 2.04. The molecule has 3 heteroatoms. The smallest absolute Gasteiger partial charge is 0.190 e. The van der Waals surface area contributed by atoms with E-state index < -0.39 is 0 Å². The lowest BCUT2D eigenvalue weighted by Gasteiger charge is -2.03. The Morgan fingerprint density at radius 2 is 2.62 bits per heavy atom. The average Bonchev–Trinajstić information content (AvgIpc) is 1.64. The van der Waals surface area contributed by atoms with Gasteiger partial charge >= 0.3 is 0 Å². The predicted molar refractivity (Wildman–Crippen MR) is 35.0 cm³/mol. The molecule has 0 aromatic rings. The van der Waals surface area contributed by atoms with Crippen molar-refractivity contribution < 1.29 is 4.39 Å². The molecule has 0 aromatic heterocycles. The number of rotatable bonds is 0. The molecule has 1 atom stereocenters. The lowest BCUT2D eigenvalue weighted by Crippen LogP contribution is -2.02. The second kappa shape index (κ2) is 2.40. The summed E-state index contributed by atoms with van der Waals surface area (Å²) in [6, 6.07) is 0. The Morgan fingerprint density at radius 3 is 3.00 bits per heavy atom. The molecule has 1 rings (SSSR count). The van der Waals surface area contributed by atoms with E-state index in [1.165, 1.54) is 6.20 Å². The van der Waals surface area contributed by atoms with Gasteiger partial charge in [0, 0.05) is 17.4 Å². The molecule has 0 bridgehead atoms. The molecule has 44 valence electrons. The van der Waals surface area contributed by atoms with Crippen molar-refractivity contribution in [2.24, 2.45) is 4.99 Å². The maximum atomic E-state index is 12.1. The second-order valence-corrected chi connectivity index (χ2v) is 2.74. The fourth-order valence-electron chi connectivity index (χ4n) is 0.499. The number of aliphatic imine (C=N–C) groups is 1. The number of allylic oxidation sites excluding steroid dienone is 1. The largest absolute Gasteiger partial charge is 0.232 e. The molecule has 1 unspecified atom stereocenters. The van der Waals surface area contributed by atoms with Gasteiger partial charge in [-0.05, 0) is 0 Å². The molecule has 0 saturated heterocycles. The van der Waals surface area contributed by atoms with Crippen LogP contribution in [0.5, 0.6) is 0 Å². The van der Waals surface area contributed by atoms with Crippen LogP contribution in [0.3, 0.4) is 0 Å². The summed E-state index contributed by atoms with van der Waals surface area (Å²) in [5, 5.41) is 0. The van der Waals surface area contributed by atoms with Crippen molar-refractivity contribution in [3.63, 3.8) is 0 Å². The molecule has 1 heterocycles. The normalized spacial score (nSPS) is 27.8. The van der Waals surface area contributed by atoms with Crippen LogP contribution in [0.2, 0.25) is 0 Å². The van der Waals surface area contributed by atoms with Gasteiger partial charge in [-0.15, -0.1) is 0 Å². The fraction of sp³-hybridized carbons (Fsp3) is 0.400.